The fourth-order valence-electron chi connectivity index (χ4n) is 2.97. The zero-order chi connectivity index (χ0) is 13.8. The molecule has 106 valence electrons. The minimum Gasteiger partial charge on any atom is -0.393 e. The largest absolute Gasteiger partial charge is 0.393 e. The van der Waals surface area contributed by atoms with Gasteiger partial charge in [-0.25, -0.2) is 0 Å². The van der Waals surface area contributed by atoms with E-state index in [4.69, 9.17) is 0 Å². The van der Waals surface area contributed by atoms with Crippen LogP contribution in [0.15, 0.2) is 12.1 Å². The molecule has 0 unspecified atom stereocenters. The van der Waals surface area contributed by atoms with Gasteiger partial charge in [-0.2, -0.15) is 0 Å². The quantitative estimate of drug-likeness (QED) is 0.873. The van der Waals surface area contributed by atoms with E-state index in [0.717, 1.165) is 38.6 Å². The number of nitrogens with one attached hydrogen (secondary N) is 1. The van der Waals surface area contributed by atoms with Gasteiger partial charge >= 0.3 is 0 Å². The van der Waals surface area contributed by atoms with Gasteiger partial charge in [-0.3, -0.25) is 0 Å². The van der Waals surface area contributed by atoms with Gasteiger partial charge in [0.05, 0.1) is 6.10 Å². The summed E-state index contributed by atoms with van der Waals surface area (Å²) < 4.78 is 0. The maximum absolute atomic E-state index is 9.50. The van der Waals surface area contributed by atoms with E-state index in [9.17, 15) is 5.11 Å². The molecule has 0 aliphatic heterocycles. The van der Waals surface area contributed by atoms with Crippen LogP contribution < -0.4 is 5.32 Å². The van der Waals surface area contributed by atoms with E-state index in [1.165, 1.54) is 22.3 Å². The van der Waals surface area contributed by atoms with Gasteiger partial charge in [0.2, 0.25) is 0 Å². The average molecular weight is 261 g/mol. The van der Waals surface area contributed by atoms with Crippen molar-refractivity contribution in [1.82, 2.24) is 5.32 Å². The van der Waals surface area contributed by atoms with E-state index in [0.29, 0.717) is 6.04 Å². The second kappa shape index (κ2) is 6.53. The summed E-state index contributed by atoms with van der Waals surface area (Å²) in [4.78, 5) is 0. The molecule has 2 N–H and O–H groups in total. The lowest BCUT2D eigenvalue weighted by atomic mass is 9.92. The van der Waals surface area contributed by atoms with Crippen LogP contribution in [0.3, 0.4) is 0 Å². The molecule has 0 radical (unpaired) electrons. The molecule has 0 saturated heterocycles. The van der Waals surface area contributed by atoms with E-state index >= 15 is 0 Å². The Kier molecular flexibility index (Phi) is 5.00. The Bertz CT molecular complexity index is 420. The zero-order valence-electron chi connectivity index (χ0n) is 12.5. The molecule has 1 aromatic rings. The number of hydrogen-bond acceptors (Lipinski definition) is 2. The molecule has 0 amide bonds. The van der Waals surface area contributed by atoms with Crippen molar-refractivity contribution in [3.63, 3.8) is 0 Å². The number of benzene rings is 1. The summed E-state index contributed by atoms with van der Waals surface area (Å²) in [6.45, 7) is 7.67. The van der Waals surface area contributed by atoms with Crippen molar-refractivity contribution in [2.45, 2.75) is 65.0 Å². The van der Waals surface area contributed by atoms with Crippen LogP contribution in [0.25, 0.3) is 0 Å². The highest BCUT2D eigenvalue weighted by molar-refractivity contribution is 5.38. The number of hydrogen-bond donors (Lipinski definition) is 2. The third-order valence-corrected chi connectivity index (χ3v) is 4.69. The zero-order valence-corrected chi connectivity index (χ0v) is 12.5. The third kappa shape index (κ3) is 3.80. The van der Waals surface area contributed by atoms with Crippen molar-refractivity contribution in [3.8, 4) is 0 Å². The second-order valence-corrected chi connectivity index (χ2v) is 6.00. The van der Waals surface area contributed by atoms with Gasteiger partial charge in [0.25, 0.3) is 0 Å². The second-order valence-electron chi connectivity index (χ2n) is 6.00. The van der Waals surface area contributed by atoms with Crippen molar-refractivity contribution >= 4 is 0 Å². The first kappa shape index (κ1) is 14.5. The van der Waals surface area contributed by atoms with E-state index in [2.05, 4.69) is 38.2 Å². The maximum atomic E-state index is 9.50. The van der Waals surface area contributed by atoms with Crippen LogP contribution in [-0.4, -0.2) is 23.8 Å². The minimum atomic E-state index is -0.0555. The topological polar surface area (TPSA) is 32.3 Å². The summed E-state index contributed by atoms with van der Waals surface area (Å²) in [5.74, 6) is 0. The minimum absolute atomic E-state index is 0.0555. The van der Waals surface area contributed by atoms with Crippen LogP contribution in [-0.2, 0) is 6.42 Å². The smallest absolute Gasteiger partial charge is 0.0541 e. The van der Waals surface area contributed by atoms with Crippen molar-refractivity contribution in [2.75, 3.05) is 6.54 Å². The van der Waals surface area contributed by atoms with E-state index < -0.39 is 0 Å². The Labute approximate surface area is 117 Å². The lowest BCUT2D eigenvalue weighted by molar-refractivity contribution is 0.117. The molecule has 2 nitrogen and oxygen atoms in total. The summed E-state index contributed by atoms with van der Waals surface area (Å²) in [7, 11) is 0. The molecular formula is C17H27NO. The molecular weight excluding hydrogens is 234 g/mol. The van der Waals surface area contributed by atoms with Gasteiger partial charge in [-0.1, -0.05) is 12.1 Å². The van der Waals surface area contributed by atoms with Gasteiger partial charge in [0, 0.05) is 6.04 Å². The lowest BCUT2D eigenvalue weighted by Gasteiger charge is -2.26. The molecule has 0 aromatic heterocycles. The predicted octanol–water partition coefficient (Wildman–Crippen LogP) is 3.05. The Morgan fingerprint density at radius 3 is 2.42 bits per heavy atom. The molecule has 1 fully saturated rings. The van der Waals surface area contributed by atoms with Crippen molar-refractivity contribution in [2.24, 2.45) is 0 Å². The molecule has 0 heterocycles. The van der Waals surface area contributed by atoms with Gasteiger partial charge in [-0.15, -0.1) is 0 Å². The van der Waals surface area contributed by atoms with Crippen LogP contribution in [0.2, 0.25) is 0 Å². The molecule has 0 atom stereocenters. The number of aliphatic hydroxyl groups is 1. The Balaban J connectivity index is 1.81. The van der Waals surface area contributed by atoms with E-state index in [1.54, 1.807) is 0 Å². The molecule has 19 heavy (non-hydrogen) atoms. The van der Waals surface area contributed by atoms with Crippen LogP contribution in [0.5, 0.6) is 0 Å². The third-order valence-electron chi connectivity index (χ3n) is 4.69. The highest BCUT2D eigenvalue weighted by Gasteiger charge is 2.18. The molecule has 1 aliphatic carbocycles. The monoisotopic (exact) mass is 261 g/mol. The first-order valence-corrected chi connectivity index (χ1v) is 7.55. The Morgan fingerprint density at radius 1 is 1.05 bits per heavy atom. The molecule has 0 bridgehead atoms. The first-order chi connectivity index (χ1) is 9.08. The highest BCUT2D eigenvalue weighted by atomic mass is 16.3. The summed E-state index contributed by atoms with van der Waals surface area (Å²) in [6, 6.07) is 5.11. The van der Waals surface area contributed by atoms with Crippen LogP contribution in [0.1, 0.15) is 47.9 Å². The van der Waals surface area contributed by atoms with Crippen LogP contribution >= 0.6 is 0 Å². The summed E-state index contributed by atoms with van der Waals surface area (Å²) >= 11 is 0. The van der Waals surface area contributed by atoms with Gasteiger partial charge in [0.15, 0.2) is 0 Å². The summed E-state index contributed by atoms with van der Waals surface area (Å²) in [5, 5.41) is 13.1. The summed E-state index contributed by atoms with van der Waals surface area (Å²) in [6.07, 6.45) is 5.20. The normalized spacial score (nSPS) is 23.6. The maximum Gasteiger partial charge on any atom is 0.0541 e. The molecule has 2 heteroatoms. The molecule has 0 spiro atoms. The van der Waals surface area contributed by atoms with Crippen molar-refractivity contribution in [3.05, 3.63) is 34.4 Å². The summed E-state index contributed by atoms with van der Waals surface area (Å²) in [5.41, 5.74) is 5.72. The lowest BCUT2D eigenvalue weighted by Crippen LogP contribution is -2.35. The predicted molar refractivity (Wildman–Crippen MR) is 80.6 cm³/mol. The highest BCUT2D eigenvalue weighted by Crippen LogP contribution is 2.19. The van der Waals surface area contributed by atoms with E-state index in [-0.39, 0.29) is 6.10 Å². The molecule has 1 aliphatic rings. The fourth-order valence-corrected chi connectivity index (χ4v) is 2.97. The fraction of sp³-hybridized carbons (Fsp3) is 0.647. The number of aliphatic hydroxyl groups excluding tert-OH is 1. The van der Waals surface area contributed by atoms with E-state index in [1.807, 2.05) is 0 Å². The molecule has 2 rings (SSSR count). The standard InChI is InChI=1S/C17H27NO/c1-12-4-5-15(14(3)13(12)2)10-11-18-16-6-8-17(19)9-7-16/h4-5,16-19H,6-11H2,1-3H3. The van der Waals surface area contributed by atoms with Gasteiger partial charge < -0.3 is 10.4 Å². The first-order valence-electron chi connectivity index (χ1n) is 7.55. The molecule has 1 saturated carbocycles. The van der Waals surface area contributed by atoms with Crippen LogP contribution in [0, 0.1) is 20.8 Å². The molecule has 1 aromatic carbocycles. The van der Waals surface area contributed by atoms with Crippen molar-refractivity contribution in [1.29, 1.82) is 0 Å². The van der Waals surface area contributed by atoms with Gasteiger partial charge in [0.1, 0.15) is 0 Å². The number of rotatable bonds is 4. The van der Waals surface area contributed by atoms with Crippen LogP contribution in [0.4, 0.5) is 0 Å². The van der Waals surface area contributed by atoms with Crippen molar-refractivity contribution < 1.29 is 5.11 Å². The Hall–Kier alpha value is -0.860. The Morgan fingerprint density at radius 2 is 1.74 bits per heavy atom. The average Bonchev–Trinajstić information content (AvgIpc) is 2.41. The number of aryl methyl sites for hydroxylation is 1. The van der Waals surface area contributed by atoms with Gasteiger partial charge in [-0.05, 0) is 81.7 Å². The SMILES string of the molecule is Cc1ccc(CCNC2CCC(O)CC2)c(C)c1C.